The minimum absolute atomic E-state index is 0.0258. The SMILES string of the molecule is CS(=O)(=O)N[C@H]1C2c3ccccc3C(c3ccccc32)[C@H]1N. The van der Waals surface area contributed by atoms with Crippen LogP contribution in [0.3, 0.4) is 0 Å². The summed E-state index contributed by atoms with van der Waals surface area (Å²) in [7, 11) is -3.31. The van der Waals surface area contributed by atoms with Crippen LogP contribution in [0, 0.1) is 0 Å². The number of hydrogen-bond donors (Lipinski definition) is 2. The second-order valence-electron chi connectivity index (χ2n) is 6.21. The van der Waals surface area contributed by atoms with Gasteiger partial charge in [0, 0.05) is 23.9 Å². The molecule has 0 saturated heterocycles. The summed E-state index contributed by atoms with van der Waals surface area (Å²) in [6, 6.07) is 15.9. The highest BCUT2D eigenvalue weighted by Crippen LogP contribution is 2.52. The Morgan fingerprint density at radius 3 is 1.68 bits per heavy atom. The Bertz CT molecular complexity index is 800. The first-order chi connectivity index (χ1) is 10.5. The van der Waals surface area contributed by atoms with E-state index in [9.17, 15) is 8.42 Å². The molecule has 3 aliphatic carbocycles. The first-order valence-electron chi connectivity index (χ1n) is 7.38. The van der Waals surface area contributed by atoms with E-state index in [0.29, 0.717) is 0 Å². The van der Waals surface area contributed by atoms with Gasteiger partial charge in [0.05, 0.1) is 6.26 Å². The highest BCUT2D eigenvalue weighted by molar-refractivity contribution is 7.88. The Hall–Kier alpha value is -1.69. The fourth-order valence-corrected chi connectivity index (χ4v) is 4.90. The zero-order chi connectivity index (χ0) is 15.5. The lowest BCUT2D eigenvalue weighted by atomic mass is 9.59. The fraction of sp³-hybridized carbons (Fsp3) is 0.294. The van der Waals surface area contributed by atoms with Gasteiger partial charge in [0.1, 0.15) is 0 Å². The summed E-state index contributed by atoms with van der Waals surface area (Å²) >= 11 is 0. The van der Waals surface area contributed by atoms with Gasteiger partial charge in [-0.1, -0.05) is 48.5 Å². The van der Waals surface area contributed by atoms with Crippen molar-refractivity contribution in [1.29, 1.82) is 0 Å². The first-order valence-corrected chi connectivity index (χ1v) is 9.27. The molecule has 4 nitrogen and oxygen atoms in total. The number of nitrogens with two attached hydrogens (primary N) is 1. The average Bonchev–Trinajstić information content (AvgIpc) is 2.48. The van der Waals surface area contributed by atoms with Crippen molar-refractivity contribution in [2.24, 2.45) is 5.73 Å². The molecule has 3 N–H and O–H groups in total. The highest BCUT2D eigenvalue weighted by Gasteiger charge is 2.48. The molecule has 114 valence electrons. The van der Waals surface area contributed by atoms with E-state index in [1.807, 2.05) is 24.3 Å². The molecule has 2 atom stereocenters. The van der Waals surface area contributed by atoms with Gasteiger partial charge in [0.25, 0.3) is 0 Å². The lowest BCUT2D eigenvalue weighted by molar-refractivity contribution is 0.360. The Morgan fingerprint density at radius 2 is 1.27 bits per heavy atom. The average molecular weight is 314 g/mol. The second kappa shape index (κ2) is 4.65. The van der Waals surface area contributed by atoms with Gasteiger partial charge in [-0.15, -0.1) is 0 Å². The monoisotopic (exact) mass is 314 g/mol. The maximum Gasteiger partial charge on any atom is 0.209 e. The number of benzene rings is 2. The van der Waals surface area contributed by atoms with Crippen LogP contribution >= 0.6 is 0 Å². The van der Waals surface area contributed by atoms with Gasteiger partial charge >= 0.3 is 0 Å². The van der Waals surface area contributed by atoms with E-state index in [2.05, 4.69) is 29.0 Å². The van der Waals surface area contributed by atoms with Crippen LogP contribution in [0.2, 0.25) is 0 Å². The number of nitrogens with one attached hydrogen (secondary N) is 1. The molecule has 0 fully saturated rings. The third-order valence-corrected chi connectivity index (χ3v) is 5.54. The molecule has 2 aromatic rings. The predicted molar refractivity (Wildman–Crippen MR) is 86.3 cm³/mol. The molecule has 5 heteroatoms. The summed E-state index contributed by atoms with van der Waals surface area (Å²) in [5.41, 5.74) is 11.3. The minimum atomic E-state index is -3.31. The molecule has 3 aliphatic rings. The Morgan fingerprint density at radius 1 is 0.864 bits per heavy atom. The Labute approximate surface area is 130 Å². The maximum absolute atomic E-state index is 11.8. The Balaban J connectivity index is 1.95. The third kappa shape index (κ3) is 1.93. The maximum atomic E-state index is 11.8. The second-order valence-corrected chi connectivity index (χ2v) is 7.99. The van der Waals surface area contributed by atoms with Crippen LogP contribution in [0.1, 0.15) is 34.1 Å². The van der Waals surface area contributed by atoms with Crippen molar-refractivity contribution in [2.45, 2.75) is 23.9 Å². The molecule has 2 bridgehead atoms. The van der Waals surface area contributed by atoms with Crippen LogP contribution < -0.4 is 10.5 Å². The summed E-state index contributed by atoms with van der Waals surface area (Å²) in [4.78, 5) is 0. The van der Waals surface area contributed by atoms with Crippen molar-refractivity contribution in [3.05, 3.63) is 70.8 Å². The van der Waals surface area contributed by atoms with Crippen molar-refractivity contribution < 1.29 is 8.42 Å². The fourth-order valence-electron chi connectivity index (χ4n) is 4.11. The molecule has 22 heavy (non-hydrogen) atoms. The van der Waals surface area contributed by atoms with E-state index in [0.717, 1.165) is 0 Å². The summed E-state index contributed by atoms with van der Waals surface area (Å²) in [6.45, 7) is 0. The van der Waals surface area contributed by atoms with Crippen molar-refractivity contribution in [3.63, 3.8) is 0 Å². The summed E-state index contributed by atoms with van der Waals surface area (Å²) in [6.07, 6.45) is 1.19. The molecule has 0 saturated carbocycles. The van der Waals surface area contributed by atoms with E-state index in [-0.39, 0.29) is 23.9 Å². The van der Waals surface area contributed by atoms with Gasteiger partial charge in [-0.05, 0) is 22.3 Å². The molecular formula is C17H18N2O2S. The van der Waals surface area contributed by atoms with Crippen LogP contribution in [0.25, 0.3) is 0 Å². The van der Waals surface area contributed by atoms with Crippen molar-refractivity contribution in [3.8, 4) is 0 Å². The lowest BCUT2D eigenvalue weighted by Crippen LogP contribution is -2.59. The molecule has 0 spiro atoms. The highest BCUT2D eigenvalue weighted by atomic mass is 32.2. The van der Waals surface area contributed by atoms with Crippen LogP contribution in [-0.4, -0.2) is 26.8 Å². The van der Waals surface area contributed by atoms with E-state index < -0.39 is 10.0 Å². The number of sulfonamides is 1. The lowest BCUT2D eigenvalue weighted by Gasteiger charge is -2.49. The van der Waals surface area contributed by atoms with E-state index in [1.165, 1.54) is 28.5 Å². The van der Waals surface area contributed by atoms with Crippen molar-refractivity contribution in [1.82, 2.24) is 4.72 Å². The smallest absolute Gasteiger partial charge is 0.209 e. The van der Waals surface area contributed by atoms with Gasteiger partial charge in [-0.2, -0.15) is 0 Å². The third-order valence-electron chi connectivity index (χ3n) is 4.84. The predicted octanol–water partition coefficient (Wildman–Crippen LogP) is 1.52. The molecule has 0 amide bonds. The molecule has 5 rings (SSSR count). The van der Waals surface area contributed by atoms with Crippen LogP contribution in [-0.2, 0) is 10.0 Å². The summed E-state index contributed by atoms with van der Waals surface area (Å²) in [5.74, 6) is 0.0128. The van der Waals surface area contributed by atoms with E-state index >= 15 is 0 Å². The zero-order valence-corrected chi connectivity index (χ0v) is 13.0. The Kier molecular flexibility index (Phi) is 2.95. The quantitative estimate of drug-likeness (QED) is 0.883. The largest absolute Gasteiger partial charge is 0.325 e. The summed E-state index contributed by atoms with van der Waals surface area (Å²) < 4.78 is 26.3. The van der Waals surface area contributed by atoms with Crippen LogP contribution in [0.15, 0.2) is 48.5 Å². The van der Waals surface area contributed by atoms with Gasteiger partial charge in [-0.25, -0.2) is 13.1 Å². The normalized spacial score (nSPS) is 29.0. The van der Waals surface area contributed by atoms with E-state index in [4.69, 9.17) is 5.73 Å². The number of rotatable bonds is 2. The standard InChI is InChI=1S/C17H18N2O2S/c1-22(20,21)19-17-15-12-8-4-2-6-10(12)14(16(17)18)11-7-3-5-9-13(11)15/h2-9,14-17,19H,18H2,1H3/t14?,15?,16-,17+/m1/s1. The molecular weight excluding hydrogens is 296 g/mol. The van der Waals surface area contributed by atoms with Gasteiger partial charge in [0.2, 0.25) is 10.0 Å². The van der Waals surface area contributed by atoms with Gasteiger partial charge < -0.3 is 5.73 Å². The van der Waals surface area contributed by atoms with Gasteiger partial charge in [-0.3, -0.25) is 0 Å². The topological polar surface area (TPSA) is 72.2 Å². The molecule has 0 aromatic heterocycles. The number of hydrogen-bond acceptors (Lipinski definition) is 3. The first kappa shape index (κ1) is 13.9. The van der Waals surface area contributed by atoms with Crippen LogP contribution in [0.5, 0.6) is 0 Å². The van der Waals surface area contributed by atoms with Crippen molar-refractivity contribution in [2.75, 3.05) is 6.26 Å². The molecule has 0 heterocycles. The van der Waals surface area contributed by atoms with Crippen LogP contribution in [0.4, 0.5) is 0 Å². The summed E-state index contributed by atoms with van der Waals surface area (Å²) in [5, 5.41) is 0. The zero-order valence-electron chi connectivity index (χ0n) is 12.2. The minimum Gasteiger partial charge on any atom is -0.325 e. The molecule has 0 radical (unpaired) electrons. The molecule has 0 unspecified atom stereocenters. The number of fused-ring (bicyclic) bond motifs is 1. The molecule has 0 aliphatic heterocycles. The van der Waals surface area contributed by atoms with Crippen molar-refractivity contribution >= 4 is 10.0 Å². The van der Waals surface area contributed by atoms with E-state index in [1.54, 1.807) is 0 Å². The van der Waals surface area contributed by atoms with Gasteiger partial charge in [0.15, 0.2) is 0 Å². The molecule has 2 aromatic carbocycles.